The number of hydrogen-bond donors (Lipinski definition) is 0. The van der Waals surface area contributed by atoms with Crippen molar-refractivity contribution in [3.8, 4) is 5.75 Å². The smallest absolute Gasteiger partial charge is 0.312 e. The molecule has 0 fully saturated rings. The van der Waals surface area contributed by atoms with Crippen LogP contribution in [0.25, 0.3) is 10.8 Å². The van der Waals surface area contributed by atoms with Gasteiger partial charge in [-0.1, -0.05) is 56.3 Å². The minimum Gasteiger partial charge on any atom is -0.482 e. The number of nitrogens with zero attached hydrogens (tertiary/aromatic N) is 2. The van der Waals surface area contributed by atoms with Gasteiger partial charge < -0.3 is 4.74 Å². The van der Waals surface area contributed by atoms with E-state index in [9.17, 15) is 18.5 Å². The Morgan fingerprint density at radius 2 is 1.69 bits per heavy atom. The first-order chi connectivity index (χ1) is 13.9. The number of nitro groups is 1. The van der Waals surface area contributed by atoms with Gasteiger partial charge in [0.25, 0.3) is 0 Å². The second-order valence-electron chi connectivity index (χ2n) is 6.40. The van der Waals surface area contributed by atoms with Crippen LogP contribution in [0.4, 0.5) is 5.69 Å². The second-order valence-corrected chi connectivity index (χ2v) is 8.34. The summed E-state index contributed by atoms with van der Waals surface area (Å²) in [5.74, 6) is 0.0291. The van der Waals surface area contributed by atoms with E-state index < -0.39 is 14.9 Å². The average Bonchev–Trinajstić information content (AvgIpc) is 2.72. The first kappa shape index (κ1) is 20.8. The van der Waals surface area contributed by atoms with Crippen molar-refractivity contribution in [1.29, 1.82) is 0 Å². The molecule has 3 rings (SSSR count). The van der Waals surface area contributed by atoms with Crippen molar-refractivity contribution in [2.24, 2.45) is 0 Å². The van der Waals surface area contributed by atoms with E-state index in [-0.39, 0.29) is 36.0 Å². The SMILES string of the molecule is CCN(CC)S(=O)(=O)c1ccc(OCc2cccc3ccccc23)c([N+](=O)[O-])c1. The molecule has 0 radical (unpaired) electrons. The number of rotatable bonds is 8. The molecule has 0 aliphatic heterocycles. The first-order valence-corrected chi connectivity index (χ1v) is 10.7. The fourth-order valence-electron chi connectivity index (χ4n) is 3.21. The van der Waals surface area contributed by atoms with E-state index in [1.807, 2.05) is 42.5 Å². The lowest BCUT2D eigenvalue weighted by Crippen LogP contribution is -2.30. The monoisotopic (exact) mass is 414 g/mol. The van der Waals surface area contributed by atoms with Gasteiger partial charge in [-0.05, 0) is 28.5 Å². The van der Waals surface area contributed by atoms with Gasteiger partial charge in [-0.25, -0.2) is 8.42 Å². The number of sulfonamides is 1. The summed E-state index contributed by atoms with van der Waals surface area (Å²) < 4.78 is 32.3. The van der Waals surface area contributed by atoms with Gasteiger partial charge in [0.2, 0.25) is 10.0 Å². The molecule has 0 aromatic heterocycles. The average molecular weight is 414 g/mol. The Morgan fingerprint density at radius 3 is 2.38 bits per heavy atom. The summed E-state index contributed by atoms with van der Waals surface area (Å²) in [6.07, 6.45) is 0. The normalized spacial score (nSPS) is 11.7. The predicted molar refractivity (Wildman–Crippen MR) is 111 cm³/mol. The van der Waals surface area contributed by atoms with Crippen LogP contribution in [0.2, 0.25) is 0 Å². The Kier molecular flexibility index (Phi) is 6.14. The number of nitro benzene ring substituents is 1. The molecule has 8 heteroatoms. The van der Waals surface area contributed by atoms with Gasteiger partial charge >= 0.3 is 5.69 Å². The number of fused-ring (bicyclic) bond motifs is 1. The molecular weight excluding hydrogens is 392 g/mol. The van der Waals surface area contributed by atoms with Crippen molar-refractivity contribution in [2.75, 3.05) is 13.1 Å². The van der Waals surface area contributed by atoms with Crippen LogP contribution in [0, 0.1) is 10.1 Å². The summed E-state index contributed by atoms with van der Waals surface area (Å²) in [7, 11) is -3.80. The van der Waals surface area contributed by atoms with Crippen molar-refractivity contribution in [3.05, 3.63) is 76.3 Å². The Bertz CT molecular complexity index is 1140. The molecule has 0 saturated heterocycles. The molecule has 0 saturated carbocycles. The molecular formula is C21H22N2O5S. The quantitative estimate of drug-likeness (QED) is 0.404. The summed E-state index contributed by atoms with van der Waals surface area (Å²) in [6.45, 7) is 4.14. The fraction of sp³-hybridized carbons (Fsp3) is 0.238. The molecule has 0 N–H and O–H groups in total. The van der Waals surface area contributed by atoms with Crippen LogP contribution in [-0.4, -0.2) is 30.7 Å². The maximum atomic E-state index is 12.7. The van der Waals surface area contributed by atoms with Gasteiger partial charge in [-0.3, -0.25) is 10.1 Å². The zero-order valence-corrected chi connectivity index (χ0v) is 17.1. The Balaban J connectivity index is 1.93. The molecule has 0 heterocycles. The van der Waals surface area contributed by atoms with Crippen LogP contribution >= 0.6 is 0 Å². The molecule has 3 aromatic rings. The fourth-order valence-corrected chi connectivity index (χ4v) is 4.69. The molecule has 0 atom stereocenters. The molecule has 0 unspecified atom stereocenters. The lowest BCUT2D eigenvalue weighted by Gasteiger charge is -2.18. The highest BCUT2D eigenvalue weighted by molar-refractivity contribution is 7.89. The van der Waals surface area contributed by atoms with E-state index in [1.54, 1.807) is 13.8 Å². The summed E-state index contributed by atoms with van der Waals surface area (Å²) in [5, 5.41) is 13.6. The molecule has 152 valence electrons. The Morgan fingerprint density at radius 1 is 1.00 bits per heavy atom. The van der Waals surface area contributed by atoms with E-state index in [1.165, 1.54) is 16.4 Å². The minimum absolute atomic E-state index is 0.0291. The molecule has 29 heavy (non-hydrogen) atoms. The second kappa shape index (κ2) is 8.59. The summed E-state index contributed by atoms with van der Waals surface area (Å²) in [6, 6.07) is 17.3. The maximum Gasteiger partial charge on any atom is 0.312 e. The van der Waals surface area contributed by atoms with E-state index >= 15 is 0 Å². The van der Waals surface area contributed by atoms with Crippen LogP contribution in [0.5, 0.6) is 5.75 Å². The molecule has 0 bridgehead atoms. The minimum atomic E-state index is -3.80. The van der Waals surface area contributed by atoms with Crippen LogP contribution in [0.3, 0.4) is 0 Å². The van der Waals surface area contributed by atoms with Gasteiger partial charge in [0.1, 0.15) is 6.61 Å². The zero-order valence-electron chi connectivity index (χ0n) is 16.2. The highest BCUT2D eigenvalue weighted by atomic mass is 32.2. The molecule has 7 nitrogen and oxygen atoms in total. The topological polar surface area (TPSA) is 89.8 Å². The molecule has 0 aliphatic rings. The van der Waals surface area contributed by atoms with Crippen molar-refractivity contribution >= 4 is 26.5 Å². The molecule has 0 spiro atoms. The number of ether oxygens (including phenoxy) is 1. The summed E-state index contributed by atoms with van der Waals surface area (Å²) >= 11 is 0. The highest BCUT2D eigenvalue weighted by Crippen LogP contribution is 2.32. The van der Waals surface area contributed by atoms with E-state index in [0.717, 1.165) is 22.4 Å². The summed E-state index contributed by atoms with van der Waals surface area (Å²) in [4.78, 5) is 10.8. The van der Waals surface area contributed by atoms with E-state index in [4.69, 9.17) is 4.74 Å². The molecule has 3 aromatic carbocycles. The lowest BCUT2D eigenvalue weighted by molar-refractivity contribution is -0.386. The number of benzene rings is 3. The van der Waals surface area contributed by atoms with Crippen LogP contribution in [0.1, 0.15) is 19.4 Å². The van der Waals surface area contributed by atoms with Gasteiger partial charge in [0.05, 0.1) is 9.82 Å². The van der Waals surface area contributed by atoms with Gasteiger partial charge in [-0.2, -0.15) is 4.31 Å². The lowest BCUT2D eigenvalue weighted by atomic mass is 10.1. The predicted octanol–water partition coefficient (Wildman–Crippen LogP) is 4.36. The standard InChI is InChI=1S/C21H22N2O5S/c1-3-22(4-2)29(26,27)18-12-13-21(20(14-18)23(24)25)28-15-17-10-7-9-16-8-5-6-11-19(16)17/h5-14H,3-4,15H2,1-2H3. The number of hydrogen-bond acceptors (Lipinski definition) is 5. The molecule has 0 aliphatic carbocycles. The third-order valence-electron chi connectivity index (χ3n) is 4.73. The largest absolute Gasteiger partial charge is 0.482 e. The van der Waals surface area contributed by atoms with Gasteiger partial charge in [0.15, 0.2) is 5.75 Å². The maximum absolute atomic E-state index is 12.7. The van der Waals surface area contributed by atoms with Gasteiger partial charge in [0, 0.05) is 19.2 Å². The van der Waals surface area contributed by atoms with Crippen LogP contribution in [-0.2, 0) is 16.6 Å². The Labute approximate surface area is 169 Å². The van der Waals surface area contributed by atoms with Crippen molar-refractivity contribution in [1.82, 2.24) is 4.31 Å². The molecule has 0 amide bonds. The van der Waals surface area contributed by atoms with Crippen molar-refractivity contribution in [3.63, 3.8) is 0 Å². The van der Waals surface area contributed by atoms with Gasteiger partial charge in [-0.15, -0.1) is 0 Å². The van der Waals surface area contributed by atoms with Crippen LogP contribution < -0.4 is 4.74 Å². The van der Waals surface area contributed by atoms with E-state index in [0.29, 0.717) is 0 Å². The van der Waals surface area contributed by atoms with Crippen LogP contribution in [0.15, 0.2) is 65.6 Å². The summed E-state index contributed by atoms with van der Waals surface area (Å²) in [5.41, 5.74) is 0.510. The first-order valence-electron chi connectivity index (χ1n) is 9.26. The van der Waals surface area contributed by atoms with Crippen molar-refractivity contribution < 1.29 is 18.1 Å². The zero-order chi connectivity index (χ0) is 21.0. The highest BCUT2D eigenvalue weighted by Gasteiger charge is 2.26. The third kappa shape index (κ3) is 4.23. The van der Waals surface area contributed by atoms with E-state index in [2.05, 4.69) is 0 Å². The van der Waals surface area contributed by atoms with Crippen molar-refractivity contribution in [2.45, 2.75) is 25.3 Å². The Hall–Kier alpha value is -2.97. The third-order valence-corrected chi connectivity index (χ3v) is 6.78.